The van der Waals surface area contributed by atoms with E-state index in [4.69, 9.17) is 11.6 Å². The molecule has 6 heteroatoms. The molecule has 0 aliphatic heterocycles. The minimum atomic E-state index is -0.583. The molecular weight excluding hydrogens is 283 g/mol. The predicted molar refractivity (Wildman–Crippen MR) is 74.9 cm³/mol. The fraction of sp³-hybridized carbons (Fsp3) is 0.429. The largest absolute Gasteiger partial charge is 0.355 e. The first kappa shape index (κ1) is 14.8. The Balaban J connectivity index is 1.72. The maximum atomic E-state index is 13.2. The van der Waals surface area contributed by atoms with Gasteiger partial charge in [0, 0.05) is 24.6 Å². The van der Waals surface area contributed by atoms with Crippen LogP contribution < -0.4 is 10.6 Å². The van der Waals surface area contributed by atoms with Crippen LogP contribution in [-0.4, -0.2) is 18.4 Å². The first-order valence-corrected chi connectivity index (χ1v) is 6.88. The number of nitrogens with one attached hydrogen (secondary N) is 2. The van der Waals surface area contributed by atoms with Crippen LogP contribution in [0.15, 0.2) is 18.2 Å². The summed E-state index contributed by atoms with van der Waals surface area (Å²) in [5.41, 5.74) is 0.346. The lowest BCUT2D eigenvalue weighted by Gasteiger charge is -2.07. The highest BCUT2D eigenvalue weighted by Crippen LogP contribution is 2.37. The molecule has 1 aliphatic rings. The van der Waals surface area contributed by atoms with Gasteiger partial charge in [-0.3, -0.25) is 9.59 Å². The van der Waals surface area contributed by atoms with Crippen molar-refractivity contribution >= 4 is 29.1 Å². The van der Waals surface area contributed by atoms with Crippen LogP contribution in [0.1, 0.15) is 19.8 Å². The molecule has 0 spiro atoms. The summed E-state index contributed by atoms with van der Waals surface area (Å²) in [6, 6.07) is 4.06. The van der Waals surface area contributed by atoms with E-state index < -0.39 is 5.82 Å². The van der Waals surface area contributed by atoms with Gasteiger partial charge in [0.05, 0.1) is 5.02 Å². The second kappa shape index (κ2) is 6.22. The van der Waals surface area contributed by atoms with Crippen LogP contribution in [0.3, 0.4) is 0 Å². The molecule has 1 aromatic carbocycles. The third kappa shape index (κ3) is 3.93. The van der Waals surface area contributed by atoms with E-state index in [0.717, 1.165) is 12.5 Å². The van der Waals surface area contributed by atoms with Crippen molar-refractivity contribution in [2.45, 2.75) is 19.8 Å². The van der Waals surface area contributed by atoms with Crippen LogP contribution in [0, 0.1) is 17.7 Å². The molecule has 0 unspecified atom stereocenters. The highest BCUT2D eigenvalue weighted by molar-refractivity contribution is 6.30. The molecular formula is C14H16ClFN2O2. The topological polar surface area (TPSA) is 58.2 Å². The van der Waals surface area contributed by atoms with Crippen LogP contribution in [0.4, 0.5) is 10.1 Å². The summed E-state index contributed by atoms with van der Waals surface area (Å²) in [6.45, 7) is 2.30. The monoisotopic (exact) mass is 298 g/mol. The summed E-state index contributed by atoms with van der Waals surface area (Å²) in [5.74, 6) is -0.316. The van der Waals surface area contributed by atoms with Gasteiger partial charge in [-0.05, 0) is 30.5 Å². The Morgan fingerprint density at radius 3 is 2.75 bits per heavy atom. The predicted octanol–water partition coefficient (Wildman–Crippen LogP) is 2.58. The van der Waals surface area contributed by atoms with Gasteiger partial charge in [0.15, 0.2) is 0 Å². The minimum Gasteiger partial charge on any atom is -0.355 e. The third-order valence-corrected chi connectivity index (χ3v) is 3.61. The van der Waals surface area contributed by atoms with E-state index in [2.05, 4.69) is 10.6 Å². The molecule has 2 amide bonds. The lowest BCUT2D eigenvalue weighted by Crippen LogP contribution is -2.29. The molecule has 1 aliphatic carbocycles. The smallest absolute Gasteiger partial charge is 0.226 e. The molecule has 1 aromatic rings. The molecule has 0 heterocycles. The lowest BCUT2D eigenvalue weighted by molar-refractivity contribution is -0.122. The van der Waals surface area contributed by atoms with Gasteiger partial charge in [-0.25, -0.2) is 4.39 Å². The Kier molecular flexibility index (Phi) is 4.60. The second-order valence-corrected chi connectivity index (χ2v) is 5.44. The van der Waals surface area contributed by atoms with Crippen LogP contribution in [0.5, 0.6) is 0 Å². The van der Waals surface area contributed by atoms with E-state index in [9.17, 15) is 14.0 Å². The molecule has 1 fully saturated rings. The fourth-order valence-electron chi connectivity index (χ4n) is 1.92. The Bertz CT molecular complexity index is 536. The molecule has 0 saturated heterocycles. The molecule has 0 aromatic heterocycles. The summed E-state index contributed by atoms with van der Waals surface area (Å²) >= 11 is 5.55. The first-order valence-electron chi connectivity index (χ1n) is 6.50. The molecule has 2 N–H and O–H groups in total. The molecule has 4 nitrogen and oxygen atoms in total. The summed E-state index contributed by atoms with van der Waals surface area (Å²) in [6.07, 6.45) is 1.07. The van der Waals surface area contributed by atoms with Crippen molar-refractivity contribution in [3.63, 3.8) is 0 Å². The number of amides is 2. The standard InChI is InChI=1S/C14H16ClFN2O2/c1-8-6-10(8)14(20)17-5-4-13(19)18-9-2-3-11(15)12(16)7-9/h2-3,7-8,10H,4-6H2,1H3,(H,17,20)(H,18,19)/t8-,10+/m0/s1. The number of rotatable bonds is 5. The summed E-state index contributed by atoms with van der Waals surface area (Å²) in [7, 11) is 0. The van der Waals surface area contributed by atoms with Crippen LogP contribution in [0.25, 0.3) is 0 Å². The molecule has 2 atom stereocenters. The van der Waals surface area contributed by atoms with Gasteiger partial charge in [0.25, 0.3) is 0 Å². The van der Waals surface area contributed by atoms with Crippen molar-refractivity contribution in [1.29, 1.82) is 0 Å². The number of benzene rings is 1. The number of anilines is 1. The zero-order valence-corrected chi connectivity index (χ0v) is 11.8. The number of hydrogen-bond donors (Lipinski definition) is 2. The maximum absolute atomic E-state index is 13.2. The van der Waals surface area contributed by atoms with E-state index >= 15 is 0 Å². The molecule has 2 rings (SSSR count). The Morgan fingerprint density at radius 1 is 1.45 bits per heavy atom. The van der Waals surface area contributed by atoms with Gasteiger partial charge < -0.3 is 10.6 Å². The SMILES string of the molecule is C[C@H]1C[C@H]1C(=O)NCCC(=O)Nc1ccc(Cl)c(F)c1. The van der Waals surface area contributed by atoms with Gasteiger partial charge in [0.2, 0.25) is 11.8 Å². The lowest BCUT2D eigenvalue weighted by atomic mass is 10.3. The van der Waals surface area contributed by atoms with E-state index in [1.165, 1.54) is 12.1 Å². The van der Waals surface area contributed by atoms with Gasteiger partial charge in [-0.15, -0.1) is 0 Å². The van der Waals surface area contributed by atoms with Crippen molar-refractivity contribution in [2.24, 2.45) is 11.8 Å². The summed E-state index contributed by atoms with van der Waals surface area (Å²) in [4.78, 5) is 23.2. The van der Waals surface area contributed by atoms with Crippen LogP contribution >= 0.6 is 11.6 Å². The average Bonchev–Trinajstić information content (AvgIpc) is 3.11. The zero-order valence-electron chi connectivity index (χ0n) is 11.1. The van der Waals surface area contributed by atoms with E-state index in [0.29, 0.717) is 11.6 Å². The van der Waals surface area contributed by atoms with Crippen molar-refractivity contribution in [3.8, 4) is 0 Å². The van der Waals surface area contributed by atoms with Gasteiger partial charge >= 0.3 is 0 Å². The molecule has 0 bridgehead atoms. The minimum absolute atomic E-state index is 0.00263. The van der Waals surface area contributed by atoms with Crippen molar-refractivity contribution in [2.75, 3.05) is 11.9 Å². The summed E-state index contributed by atoms with van der Waals surface area (Å²) < 4.78 is 13.2. The highest BCUT2D eigenvalue weighted by Gasteiger charge is 2.38. The Labute approximate surface area is 121 Å². The summed E-state index contributed by atoms with van der Waals surface area (Å²) in [5, 5.41) is 5.27. The average molecular weight is 299 g/mol. The number of hydrogen-bond acceptors (Lipinski definition) is 2. The molecule has 1 saturated carbocycles. The molecule has 108 valence electrons. The van der Waals surface area contributed by atoms with Gasteiger partial charge in [-0.2, -0.15) is 0 Å². The number of halogens is 2. The van der Waals surface area contributed by atoms with Crippen molar-refractivity contribution in [1.82, 2.24) is 5.32 Å². The molecule has 20 heavy (non-hydrogen) atoms. The second-order valence-electron chi connectivity index (χ2n) is 5.04. The normalized spacial score (nSPS) is 20.4. The quantitative estimate of drug-likeness (QED) is 0.878. The van der Waals surface area contributed by atoms with E-state index in [1.54, 1.807) is 0 Å². The van der Waals surface area contributed by atoms with E-state index in [1.807, 2.05) is 6.92 Å². The van der Waals surface area contributed by atoms with Crippen LogP contribution in [0.2, 0.25) is 5.02 Å². The maximum Gasteiger partial charge on any atom is 0.226 e. The number of carbonyl (C=O) groups excluding carboxylic acids is 2. The van der Waals surface area contributed by atoms with E-state index in [-0.39, 0.29) is 35.7 Å². The van der Waals surface area contributed by atoms with Crippen LogP contribution in [-0.2, 0) is 9.59 Å². The molecule has 0 radical (unpaired) electrons. The first-order chi connectivity index (χ1) is 9.47. The van der Waals surface area contributed by atoms with Gasteiger partial charge in [-0.1, -0.05) is 18.5 Å². The Morgan fingerprint density at radius 2 is 2.15 bits per heavy atom. The highest BCUT2D eigenvalue weighted by atomic mass is 35.5. The zero-order chi connectivity index (χ0) is 14.7. The third-order valence-electron chi connectivity index (χ3n) is 3.30. The number of carbonyl (C=O) groups is 2. The van der Waals surface area contributed by atoms with Crippen molar-refractivity contribution < 1.29 is 14.0 Å². The van der Waals surface area contributed by atoms with Gasteiger partial charge in [0.1, 0.15) is 5.82 Å². The Hall–Kier alpha value is -1.62. The fourth-order valence-corrected chi connectivity index (χ4v) is 2.03. The van der Waals surface area contributed by atoms with Crippen molar-refractivity contribution in [3.05, 3.63) is 29.0 Å².